The molecule has 0 atom stereocenters. The molecule has 1 fully saturated rings. The molecule has 1 amide bonds. The molecule has 1 aliphatic carbocycles. The van der Waals surface area contributed by atoms with E-state index in [4.69, 9.17) is 0 Å². The molecule has 6 nitrogen and oxygen atoms in total. The lowest BCUT2D eigenvalue weighted by molar-refractivity contribution is 0.102. The fourth-order valence-corrected chi connectivity index (χ4v) is 3.57. The van der Waals surface area contributed by atoms with Crippen LogP contribution in [0.3, 0.4) is 0 Å². The van der Waals surface area contributed by atoms with E-state index in [0.29, 0.717) is 18.5 Å². The highest BCUT2D eigenvalue weighted by molar-refractivity contribution is 7.93. The first-order chi connectivity index (χ1) is 11.3. The molecule has 1 aromatic carbocycles. The Bertz CT molecular complexity index is 890. The predicted molar refractivity (Wildman–Crippen MR) is 93.7 cm³/mol. The molecule has 1 aromatic heterocycles. The number of pyridine rings is 1. The zero-order chi connectivity index (χ0) is 17.3. The standard InChI is InChI=1S/C17H19N3O3S/c1-11-6-7-13(10-12(11)2)18-17(21)15-4-3-5-16(19-15)20-24(22,23)14-8-9-14/h3-7,10,14H,8-9H2,1-2H3,(H,18,21)(H,19,20). The van der Waals surface area contributed by atoms with Crippen molar-refractivity contribution in [1.82, 2.24) is 4.98 Å². The van der Waals surface area contributed by atoms with Crippen LogP contribution >= 0.6 is 0 Å². The van der Waals surface area contributed by atoms with Gasteiger partial charge in [-0.15, -0.1) is 0 Å². The van der Waals surface area contributed by atoms with E-state index in [9.17, 15) is 13.2 Å². The number of carbonyl (C=O) groups is 1. The molecule has 2 N–H and O–H groups in total. The molecule has 2 aromatic rings. The molecule has 126 valence electrons. The first-order valence-corrected chi connectivity index (χ1v) is 9.27. The van der Waals surface area contributed by atoms with Crippen molar-refractivity contribution in [2.75, 3.05) is 10.0 Å². The fourth-order valence-electron chi connectivity index (χ4n) is 2.24. The van der Waals surface area contributed by atoms with Gasteiger partial charge >= 0.3 is 0 Å². The summed E-state index contributed by atoms with van der Waals surface area (Å²) in [5.74, 6) is -0.222. The Labute approximate surface area is 141 Å². The minimum atomic E-state index is -3.40. The third-order valence-corrected chi connectivity index (χ3v) is 5.80. The number of carbonyl (C=O) groups excluding carboxylic acids is 1. The van der Waals surface area contributed by atoms with E-state index in [1.807, 2.05) is 32.0 Å². The van der Waals surface area contributed by atoms with Crippen molar-refractivity contribution in [2.24, 2.45) is 0 Å². The van der Waals surface area contributed by atoms with Gasteiger partial charge < -0.3 is 5.32 Å². The van der Waals surface area contributed by atoms with Gasteiger partial charge in [0.2, 0.25) is 10.0 Å². The van der Waals surface area contributed by atoms with Crippen molar-refractivity contribution in [3.8, 4) is 0 Å². The Kier molecular flexibility index (Phi) is 4.28. The molecule has 24 heavy (non-hydrogen) atoms. The van der Waals surface area contributed by atoms with Gasteiger partial charge in [0.15, 0.2) is 0 Å². The van der Waals surface area contributed by atoms with E-state index in [2.05, 4.69) is 15.0 Å². The number of nitrogens with zero attached hydrogens (tertiary/aromatic N) is 1. The zero-order valence-electron chi connectivity index (χ0n) is 13.5. The van der Waals surface area contributed by atoms with Crippen LogP contribution in [0.5, 0.6) is 0 Å². The lowest BCUT2D eigenvalue weighted by atomic mass is 10.1. The maximum atomic E-state index is 12.3. The van der Waals surface area contributed by atoms with Crippen molar-refractivity contribution in [2.45, 2.75) is 31.9 Å². The average Bonchev–Trinajstić information content (AvgIpc) is 3.36. The minimum absolute atomic E-state index is 0.157. The summed E-state index contributed by atoms with van der Waals surface area (Å²) in [7, 11) is -3.40. The first-order valence-electron chi connectivity index (χ1n) is 7.72. The second-order valence-electron chi connectivity index (χ2n) is 6.01. The van der Waals surface area contributed by atoms with Gasteiger partial charge in [0, 0.05) is 5.69 Å². The van der Waals surface area contributed by atoms with Crippen LogP contribution in [-0.2, 0) is 10.0 Å². The number of sulfonamides is 1. The number of aryl methyl sites for hydroxylation is 2. The highest BCUT2D eigenvalue weighted by Crippen LogP contribution is 2.29. The van der Waals surface area contributed by atoms with Gasteiger partial charge in [0.25, 0.3) is 5.91 Å². The van der Waals surface area contributed by atoms with Crippen LogP contribution in [0.4, 0.5) is 11.5 Å². The van der Waals surface area contributed by atoms with Crippen molar-refractivity contribution >= 4 is 27.4 Å². The van der Waals surface area contributed by atoms with Crippen LogP contribution in [-0.4, -0.2) is 24.6 Å². The molecule has 0 aliphatic heterocycles. The van der Waals surface area contributed by atoms with E-state index in [1.54, 1.807) is 12.1 Å². The topological polar surface area (TPSA) is 88.2 Å². The fraction of sp³-hybridized carbons (Fsp3) is 0.294. The van der Waals surface area contributed by atoms with E-state index < -0.39 is 10.0 Å². The van der Waals surface area contributed by atoms with Gasteiger partial charge in [0.1, 0.15) is 11.5 Å². The highest BCUT2D eigenvalue weighted by Gasteiger charge is 2.36. The molecule has 1 saturated carbocycles. The zero-order valence-corrected chi connectivity index (χ0v) is 14.4. The maximum Gasteiger partial charge on any atom is 0.274 e. The summed E-state index contributed by atoms with van der Waals surface area (Å²) in [6, 6.07) is 10.3. The Morgan fingerprint density at radius 2 is 1.88 bits per heavy atom. The molecule has 3 rings (SSSR count). The van der Waals surface area contributed by atoms with Gasteiger partial charge in [0.05, 0.1) is 5.25 Å². The summed E-state index contributed by atoms with van der Waals surface area (Å²) in [4.78, 5) is 16.4. The largest absolute Gasteiger partial charge is 0.321 e. The molecular formula is C17H19N3O3S. The molecular weight excluding hydrogens is 326 g/mol. The summed E-state index contributed by atoms with van der Waals surface area (Å²) >= 11 is 0. The Morgan fingerprint density at radius 3 is 2.54 bits per heavy atom. The molecule has 0 saturated heterocycles. The van der Waals surface area contributed by atoms with Crippen LogP contribution in [0, 0.1) is 13.8 Å². The summed E-state index contributed by atoms with van der Waals surface area (Å²) in [5.41, 5.74) is 3.05. The third kappa shape index (κ3) is 3.73. The quantitative estimate of drug-likeness (QED) is 0.872. The number of anilines is 2. The Balaban J connectivity index is 1.75. The average molecular weight is 345 g/mol. The second-order valence-corrected chi connectivity index (χ2v) is 7.97. The molecule has 0 bridgehead atoms. The van der Waals surface area contributed by atoms with E-state index in [-0.39, 0.29) is 22.7 Å². The lowest BCUT2D eigenvalue weighted by Crippen LogP contribution is -2.20. The number of hydrogen-bond acceptors (Lipinski definition) is 4. The number of nitrogens with one attached hydrogen (secondary N) is 2. The van der Waals surface area contributed by atoms with Crippen LogP contribution in [0.25, 0.3) is 0 Å². The highest BCUT2D eigenvalue weighted by atomic mass is 32.2. The van der Waals surface area contributed by atoms with E-state index >= 15 is 0 Å². The Morgan fingerprint density at radius 1 is 1.12 bits per heavy atom. The van der Waals surface area contributed by atoms with E-state index in [1.165, 1.54) is 6.07 Å². The lowest BCUT2D eigenvalue weighted by Gasteiger charge is -2.09. The first kappa shape index (κ1) is 16.4. The molecule has 1 heterocycles. The molecule has 7 heteroatoms. The SMILES string of the molecule is Cc1ccc(NC(=O)c2cccc(NS(=O)(=O)C3CC3)n2)cc1C. The van der Waals surface area contributed by atoms with Gasteiger partial charge in [-0.2, -0.15) is 0 Å². The maximum absolute atomic E-state index is 12.3. The Hall–Kier alpha value is -2.41. The minimum Gasteiger partial charge on any atom is -0.321 e. The number of hydrogen-bond donors (Lipinski definition) is 2. The number of benzene rings is 1. The molecule has 0 spiro atoms. The molecule has 0 radical (unpaired) electrons. The summed E-state index contributed by atoms with van der Waals surface area (Å²) in [6.45, 7) is 3.97. The van der Waals surface area contributed by atoms with E-state index in [0.717, 1.165) is 11.1 Å². The third-order valence-electron chi connectivity index (χ3n) is 3.96. The van der Waals surface area contributed by atoms with Gasteiger partial charge in [-0.3, -0.25) is 9.52 Å². The van der Waals surface area contributed by atoms with Gasteiger partial charge in [-0.25, -0.2) is 13.4 Å². The van der Waals surface area contributed by atoms with Crippen molar-refractivity contribution < 1.29 is 13.2 Å². The second kappa shape index (κ2) is 6.24. The van der Waals surface area contributed by atoms with Gasteiger partial charge in [-0.1, -0.05) is 12.1 Å². The smallest absolute Gasteiger partial charge is 0.274 e. The van der Waals surface area contributed by atoms with Crippen molar-refractivity contribution in [3.63, 3.8) is 0 Å². The number of rotatable bonds is 5. The normalized spacial score (nSPS) is 14.2. The predicted octanol–water partition coefficient (Wildman–Crippen LogP) is 2.85. The molecule has 0 unspecified atom stereocenters. The van der Waals surface area contributed by atoms with Crippen molar-refractivity contribution in [1.29, 1.82) is 0 Å². The van der Waals surface area contributed by atoms with Crippen molar-refractivity contribution in [3.05, 3.63) is 53.2 Å². The molecule has 1 aliphatic rings. The number of amides is 1. The summed E-state index contributed by atoms with van der Waals surface area (Å²) in [5, 5.41) is 2.43. The van der Waals surface area contributed by atoms with Crippen LogP contribution in [0.1, 0.15) is 34.5 Å². The van der Waals surface area contributed by atoms with Crippen LogP contribution < -0.4 is 10.0 Å². The number of aromatic nitrogens is 1. The summed E-state index contributed by atoms with van der Waals surface area (Å²) in [6.07, 6.45) is 1.34. The summed E-state index contributed by atoms with van der Waals surface area (Å²) < 4.78 is 26.3. The van der Waals surface area contributed by atoms with Gasteiger partial charge in [-0.05, 0) is 62.1 Å². The van der Waals surface area contributed by atoms with Crippen LogP contribution in [0.15, 0.2) is 36.4 Å². The van der Waals surface area contributed by atoms with Crippen LogP contribution in [0.2, 0.25) is 0 Å². The monoisotopic (exact) mass is 345 g/mol.